The molecule has 1 aliphatic carbocycles. The summed E-state index contributed by atoms with van der Waals surface area (Å²) < 4.78 is 7.20. The van der Waals surface area contributed by atoms with Gasteiger partial charge in [-0.15, -0.1) is 5.10 Å². The number of tetrazole rings is 1. The van der Waals surface area contributed by atoms with E-state index in [9.17, 15) is 4.79 Å². The molecule has 1 fully saturated rings. The number of benzene rings is 2. The molecule has 8 nitrogen and oxygen atoms in total. The molecule has 1 N–H and O–H groups in total. The van der Waals surface area contributed by atoms with Gasteiger partial charge in [0.2, 0.25) is 0 Å². The van der Waals surface area contributed by atoms with Gasteiger partial charge in [0.25, 0.3) is 5.56 Å². The number of hydrogen-bond donors (Lipinski definition) is 1. The van der Waals surface area contributed by atoms with Crippen molar-refractivity contribution >= 4 is 10.9 Å². The number of fused-ring (bicyclic) bond motifs is 1. The Bertz CT molecular complexity index is 1390. The minimum atomic E-state index is -0.0217. The number of nitrogens with zero attached hydrogens (tertiary/aromatic N) is 5. The highest BCUT2D eigenvalue weighted by Crippen LogP contribution is 2.33. The normalized spacial score (nSPS) is 15.4. The van der Waals surface area contributed by atoms with Gasteiger partial charge in [-0.3, -0.25) is 9.69 Å². The highest BCUT2D eigenvalue weighted by molar-refractivity contribution is 5.79. The fourth-order valence-corrected chi connectivity index (χ4v) is 5.61. The molecule has 1 aliphatic rings. The molecule has 0 saturated heterocycles. The van der Waals surface area contributed by atoms with Gasteiger partial charge in [-0.2, -0.15) is 0 Å². The van der Waals surface area contributed by atoms with Crippen LogP contribution in [0, 0.1) is 6.92 Å². The predicted octanol–water partition coefficient (Wildman–Crippen LogP) is 5.17. The van der Waals surface area contributed by atoms with Gasteiger partial charge >= 0.3 is 0 Å². The number of nitrogens with one attached hydrogen (secondary N) is 1. The van der Waals surface area contributed by atoms with Crippen molar-refractivity contribution in [3.63, 3.8) is 0 Å². The van der Waals surface area contributed by atoms with Crippen LogP contribution in [-0.4, -0.2) is 43.2 Å². The molecule has 0 unspecified atom stereocenters. The highest BCUT2D eigenvalue weighted by Gasteiger charge is 2.32. The van der Waals surface area contributed by atoms with Gasteiger partial charge in [0.1, 0.15) is 5.75 Å². The second-order valence-electron chi connectivity index (χ2n) is 10.1. The lowest BCUT2D eigenvalue weighted by Gasteiger charge is -2.39. The van der Waals surface area contributed by atoms with E-state index in [1.807, 2.05) is 41.9 Å². The molecule has 0 spiro atoms. The average molecular weight is 501 g/mol. The van der Waals surface area contributed by atoms with Crippen LogP contribution in [0.5, 0.6) is 5.75 Å². The summed E-state index contributed by atoms with van der Waals surface area (Å²) in [7, 11) is 1.67. The zero-order valence-corrected chi connectivity index (χ0v) is 22.0. The monoisotopic (exact) mass is 500 g/mol. The summed E-state index contributed by atoms with van der Waals surface area (Å²) in [6.07, 6.45) is 6.79. The molecule has 0 radical (unpaired) electrons. The van der Waals surface area contributed by atoms with Gasteiger partial charge in [0.05, 0.1) is 19.7 Å². The topological polar surface area (TPSA) is 88.9 Å². The van der Waals surface area contributed by atoms with Gasteiger partial charge in [-0.25, -0.2) is 4.68 Å². The summed E-state index contributed by atoms with van der Waals surface area (Å²) in [5, 5.41) is 14.0. The molecule has 2 aromatic carbocycles. The lowest BCUT2D eigenvalue weighted by atomic mass is 9.92. The van der Waals surface area contributed by atoms with Gasteiger partial charge in [0.15, 0.2) is 5.82 Å². The van der Waals surface area contributed by atoms with Gasteiger partial charge in [0, 0.05) is 23.7 Å². The average Bonchev–Trinajstić information content (AvgIpc) is 3.37. The fraction of sp³-hybridized carbons (Fsp3) is 0.448. The zero-order chi connectivity index (χ0) is 25.8. The molecule has 8 heteroatoms. The Balaban J connectivity index is 1.48. The number of H-pyrrole nitrogens is 1. The number of pyridine rings is 1. The van der Waals surface area contributed by atoms with Gasteiger partial charge in [-0.1, -0.05) is 50.5 Å². The van der Waals surface area contributed by atoms with Crippen LogP contribution in [0.25, 0.3) is 10.9 Å². The van der Waals surface area contributed by atoms with Crippen molar-refractivity contribution in [2.45, 2.75) is 77.5 Å². The van der Waals surface area contributed by atoms with Crippen LogP contribution >= 0.6 is 0 Å². The number of methoxy groups -OCH3 is 1. The van der Waals surface area contributed by atoms with E-state index in [-0.39, 0.29) is 11.6 Å². The van der Waals surface area contributed by atoms with Crippen LogP contribution in [0.3, 0.4) is 0 Å². The van der Waals surface area contributed by atoms with E-state index in [4.69, 9.17) is 4.74 Å². The summed E-state index contributed by atoms with van der Waals surface area (Å²) >= 11 is 0. The maximum absolute atomic E-state index is 13.2. The van der Waals surface area contributed by atoms with Crippen LogP contribution in [0.2, 0.25) is 0 Å². The third kappa shape index (κ3) is 5.59. The summed E-state index contributed by atoms with van der Waals surface area (Å²) in [6, 6.07) is 16.6. The lowest BCUT2D eigenvalue weighted by molar-refractivity contribution is 0.0844. The fourth-order valence-electron chi connectivity index (χ4n) is 5.61. The molecule has 194 valence electrons. The summed E-state index contributed by atoms with van der Waals surface area (Å²) in [5.41, 5.74) is 3.89. The Hall–Kier alpha value is -3.52. The summed E-state index contributed by atoms with van der Waals surface area (Å²) in [4.78, 5) is 18.8. The quantitative estimate of drug-likeness (QED) is 0.341. The van der Waals surface area contributed by atoms with E-state index in [1.54, 1.807) is 7.11 Å². The zero-order valence-electron chi connectivity index (χ0n) is 22.0. The Labute approximate surface area is 217 Å². The molecule has 0 amide bonds. The van der Waals surface area contributed by atoms with E-state index in [0.29, 0.717) is 19.1 Å². The molecule has 0 aliphatic heterocycles. The number of hydrogen-bond acceptors (Lipinski definition) is 6. The molecule has 1 atom stereocenters. The Morgan fingerprint density at radius 1 is 1.11 bits per heavy atom. The number of rotatable bonds is 9. The second-order valence-corrected chi connectivity index (χ2v) is 10.1. The molecule has 1 saturated carbocycles. The number of aryl methyl sites for hydroxylation is 1. The molecule has 37 heavy (non-hydrogen) atoms. The lowest BCUT2D eigenvalue weighted by Crippen LogP contribution is -2.41. The largest absolute Gasteiger partial charge is 0.497 e. The standard InChI is InChI=1S/C29H36N6O2/c1-4-27(28-31-32-33-35(28)18-21-11-14-25(37-3)15-12-21)34(24-8-6-5-7-9-24)19-23-17-22-13-10-20(2)16-26(22)30-29(23)36/h10-17,24,27H,4-9,18-19H2,1-3H3,(H,30,36)/t27-/m1/s1. The smallest absolute Gasteiger partial charge is 0.252 e. The minimum absolute atomic E-state index is 0.00413. The van der Waals surface area contributed by atoms with E-state index in [1.165, 1.54) is 19.3 Å². The minimum Gasteiger partial charge on any atom is -0.497 e. The van der Waals surface area contributed by atoms with E-state index in [2.05, 4.69) is 50.5 Å². The molecular weight excluding hydrogens is 464 g/mol. The van der Waals surface area contributed by atoms with Crippen molar-refractivity contribution in [2.75, 3.05) is 7.11 Å². The SMILES string of the molecule is CC[C@H](c1nnnn1Cc1ccc(OC)cc1)N(Cc1cc2ccc(C)cc2[nH]c1=O)C1CCCCC1. The molecule has 2 aromatic heterocycles. The van der Waals surface area contributed by atoms with Gasteiger partial charge in [-0.05, 0) is 77.4 Å². The highest BCUT2D eigenvalue weighted by atomic mass is 16.5. The molecule has 5 rings (SSSR count). The van der Waals surface area contributed by atoms with Crippen molar-refractivity contribution < 1.29 is 4.74 Å². The molecule has 2 heterocycles. The Morgan fingerprint density at radius 2 is 1.89 bits per heavy atom. The maximum atomic E-state index is 13.2. The van der Waals surface area contributed by atoms with Crippen molar-refractivity contribution in [3.8, 4) is 5.75 Å². The van der Waals surface area contributed by atoms with Crippen LogP contribution in [0.4, 0.5) is 0 Å². The predicted molar refractivity (Wildman–Crippen MR) is 145 cm³/mol. The summed E-state index contributed by atoms with van der Waals surface area (Å²) in [6.45, 7) is 5.37. The number of aromatic amines is 1. The molecule has 0 bridgehead atoms. The van der Waals surface area contributed by atoms with E-state index >= 15 is 0 Å². The van der Waals surface area contributed by atoms with Crippen molar-refractivity contribution in [3.05, 3.63) is 81.4 Å². The molecule has 4 aromatic rings. The van der Waals surface area contributed by atoms with Crippen LogP contribution in [0.15, 0.2) is 53.3 Å². The van der Waals surface area contributed by atoms with Gasteiger partial charge < -0.3 is 9.72 Å². The Kier molecular flexibility index (Phi) is 7.65. The van der Waals surface area contributed by atoms with Crippen molar-refractivity contribution in [2.24, 2.45) is 0 Å². The van der Waals surface area contributed by atoms with E-state index < -0.39 is 0 Å². The third-order valence-electron chi connectivity index (χ3n) is 7.61. The van der Waals surface area contributed by atoms with E-state index in [0.717, 1.165) is 58.4 Å². The second kappa shape index (κ2) is 11.3. The first kappa shape index (κ1) is 25.1. The number of aromatic nitrogens is 5. The van der Waals surface area contributed by atoms with Crippen molar-refractivity contribution in [1.82, 2.24) is 30.1 Å². The first-order chi connectivity index (χ1) is 18.1. The van der Waals surface area contributed by atoms with Crippen LogP contribution < -0.4 is 10.3 Å². The van der Waals surface area contributed by atoms with Crippen molar-refractivity contribution in [1.29, 1.82) is 0 Å². The Morgan fingerprint density at radius 3 is 2.62 bits per heavy atom. The molecular formula is C29H36N6O2. The first-order valence-corrected chi connectivity index (χ1v) is 13.3. The van der Waals surface area contributed by atoms with Crippen LogP contribution in [0.1, 0.15) is 74.0 Å². The maximum Gasteiger partial charge on any atom is 0.252 e. The number of ether oxygens (including phenoxy) is 1. The van der Waals surface area contributed by atoms with Crippen LogP contribution in [-0.2, 0) is 13.1 Å². The summed E-state index contributed by atoms with van der Waals surface area (Å²) in [5.74, 6) is 1.67. The first-order valence-electron chi connectivity index (χ1n) is 13.3. The third-order valence-corrected chi connectivity index (χ3v) is 7.61.